The van der Waals surface area contributed by atoms with Crippen LogP contribution >= 0.6 is 0 Å². The van der Waals surface area contributed by atoms with Gasteiger partial charge in [-0.2, -0.15) is 0 Å². The summed E-state index contributed by atoms with van der Waals surface area (Å²) < 4.78 is 0. The third kappa shape index (κ3) is 2.24. The van der Waals surface area contributed by atoms with Gasteiger partial charge < -0.3 is 0 Å². The number of hydrogen-bond donors (Lipinski definition) is 0. The zero-order chi connectivity index (χ0) is 13.1. The average Bonchev–Trinajstić information content (AvgIpc) is 2.37. The fraction of sp³-hybridized carbons (Fsp3) is 0.222. The van der Waals surface area contributed by atoms with Gasteiger partial charge in [0.25, 0.3) is 0 Å². The molecule has 2 aromatic carbocycles. The molecule has 0 aliphatic carbocycles. The van der Waals surface area contributed by atoms with E-state index >= 15 is 0 Å². The Morgan fingerprint density at radius 3 is 2.50 bits per heavy atom. The molecule has 0 N–H and O–H groups in total. The Hall–Kier alpha value is -1.82. The zero-order valence-corrected chi connectivity index (χ0v) is 11.4. The maximum Gasteiger partial charge on any atom is -0.0143 e. The molecule has 0 aliphatic rings. The summed E-state index contributed by atoms with van der Waals surface area (Å²) in [6.07, 6.45) is 6.15. The van der Waals surface area contributed by atoms with Crippen LogP contribution in [0.2, 0.25) is 0 Å². The molecule has 0 saturated heterocycles. The fourth-order valence-electron chi connectivity index (χ4n) is 2.39. The number of allylic oxidation sites excluding steroid dienone is 1. The minimum absolute atomic E-state index is 0.543. The molecular formula is C18H20. The predicted octanol–water partition coefficient (Wildman–Crippen LogP) is 5.64. The largest absolute Gasteiger partial charge is 0.0984 e. The fourth-order valence-corrected chi connectivity index (χ4v) is 2.39. The highest BCUT2D eigenvalue weighted by atomic mass is 14.1. The Labute approximate surface area is 110 Å². The van der Waals surface area contributed by atoms with Crippen LogP contribution in [0, 0.1) is 0 Å². The topological polar surface area (TPSA) is 0 Å². The molecule has 0 atom stereocenters. The van der Waals surface area contributed by atoms with Crippen LogP contribution in [0.3, 0.4) is 0 Å². The third-order valence-corrected chi connectivity index (χ3v) is 3.31. The highest BCUT2D eigenvalue weighted by Crippen LogP contribution is 2.29. The maximum absolute atomic E-state index is 3.90. The first-order valence-corrected chi connectivity index (χ1v) is 6.49. The van der Waals surface area contributed by atoms with Gasteiger partial charge in [0.05, 0.1) is 0 Å². The van der Waals surface area contributed by atoms with Crippen molar-refractivity contribution in [3.05, 3.63) is 59.7 Å². The standard InChI is InChI=1S/C18H20/c1-5-8-15-12-18-16(11-14(15)6-2)9-7-10-17(18)13(3)4/h5-13H,2H2,1,3-4H3/b8-5-. The second-order valence-electron chi connectivity index (χ2n) is 4.91. The summed E-state index contributed by atoms with van der Waals surface area (Å²) in [5, 5.41) is 2.65. The number of rotatable bonds is 3. The zero-order valence-electron chi connectivity index (χ0n) is 11.4. The highest BCUT2D eigenvalue weighted by molar-refractivity contribution is 5.91. The first-order chi connectivity index (χ1) is 8.67. The third-order valence-electron chi connectivity index (χ3n) is 3.31. The summed E-state index contributed by atoms with van der Waals surface area (Å²) in [4.78, 5) is 0. The Bertz CT molecular complexity index is 601. The molecule has 18 heavy (non-hydrogen) atoms. The van der Waals surface area contributed by atoms with E-state index in [2.05, 4.69) is 62.9 Å². The van der Waals surface area contributed by atoms with Crippen LogP contribution in [0.1, 0.15) is 43.4 Å². The van der Waals surface area contributed by atoms with Gasteiger partial charge in [-0.25, -0.2) is 0 Å². The number of fused-ring (bicyclic) bond motifs is 1. The molecule has 0 radical (unpaired) electrons. The van der Waals surface area contributed by atoms with Crippen molar-refractivity contribution in [2.75, 3.05) is 0 Å². The lowest BCUT2D eigenvalue weighted by Gasteiger charge is -2.12. The molecule has 2 aromatic rings. The van der Waals surface area contributed by atoms with Crippen molar-refractivity contribution in [2.24, 2.45) is 0 Å². The van der Waals surface area contributed by atoms with Crippen molar-refractivity contribution in [1.29, 1.82) is 0 Å². The Morgan fingerprint density at radius 2 is 1.89 bits per heavy atom. The van der Waals surface area contributed by atoms with Gasteiger partial charge >= 0.3 is 0 Å². The smallest absolute Gasteiger partial charge is 0.0143 e. The molecule has 0 heterocycles. The molecule has 0 nitrogen and oxygen atoms in total. The van der Waals surface area contributed by atoms with Crippen molar-refractivity contribution in [1.82, 2.24) is 0 Å². The van der Waals surface area contributed by atoms with Crippen molar-refractivity contribution in [3.63, 3.8) is 0 Å². The summed E-state index contributed by atoms with van der Waals surface area (Å²) in [6.45, 7) is 10.4. The van der Waals surface area contributed by atoms with Crippen LogP contribution in [-0.4, -0.2) is 0 Å². The summed E-state index contributed by atoms with van der Waals surface area (Å²) in [6, 6.07) is 11.0. The molecular weight excluding hydrogens is 216 g/mol. The molecule has 0 unspecified atom stereocenters. The van der Waals surface area contributed by atoms with E-state index in [1.165, 1.54) is 27.5 Å². The monoisotopic (exact) mass is 236 g/mol. The number of hydrogen-bond acceptors (Lipinski definition) is 0. The lowest BCUT2D eigenvalue weighted by molar-refractivity contribution is 0.876. The van der Waals surface area contributed by atoms with E-state index in [1.54, 1.807) is 0 Å². The SMILES string of the molecule is C=Cc1cc2cccc(C(C)C)c2cc1/C=C\C. The molecule has 92 valence electrons. The quantitative estimate of drug-likeness (QED) is 0.647. The predicted molar refractivity (Wildman–Crippen MR) is 82.8 cm³/mol. The second kappa shape index (κ2) is 5.22. The van der Waals surface area contributed by atoms with Gasteiger partial charge in [-0.1, -0.05) is 56.9 Å². The van der Waals surface area contributed by atoms with Crippen molar-refractivity contribution in [2.45, 2.75) is 26.7 Å². The second-order valence-corrected chi connectivity index (χ2v) is 4.91. The summed E-state index contributed by atoms with van der Waals surface area (Å²) in [5.74, 6) is 0.543. The lowest BCUT2D eigenvalue weighted by atomic mass is 9.92. The maximum atomic E-state index is 3.90. The van der Waals surface area contributed by atoms with Crippen LogP contribution in [0.15, 0.2) is 43.0 Å². The summed E-state index contributed by atoms with van der Waals surface area (Å²) >= 11 is 0. The molecule has 0 fully saturated rings. The van der Waals surface area contributed by atoms with Gasteiger partial charge in [-0.15, -0.1) is 0 Å². The van der Waals surface area contributed by atoms with E-state index in [4.69, 9.17) is 0 Å². The van der Waals surface area contributed by atoms with E-state index in [9.17, 15) is 0 Å². The Morgan fingerprint density at radius 1 is 1.11 bits per heavy atom. The molecule has 0 spiro atoms. The molecule has 2 rings (SSSR count). The summed E-state index contributed by atoms with van der Waals surface area (Å²) in [7, 11) is 0. The van der Waals surface area contributed by atoms with Crippen LogP contribution < -0.4 is 0 Å². The summed E-state index contributed by atoms with van der Waals surface area (Å²) in [5.41, 5.74) is 3.85. The first-order valence-electron chi connectivity index (χ1n) is 6.49. The van der Waals surface area contributed by atoms with Crippen LogP contribution in [0.4, 0.5) is 0 Å². The molecule has 0 aliphatic heterocycles. The molecule has 0 aromatic heterocycles. The highest BCUT2D eigenvalue weighted by Gasteiger charge is 2.07. The van der Waals surface area contributed by atoms with Gasteiger partial charge in [-0.05, 0) is 52.4 Å². The molecule has 0 bridgehead atoms. The van der Waals surface area contributed by atoms with E-state index < -0.39 is 0 Å². The van der Waals surface area contributed by atoms with Gasteiger partial charge in [0, 0.05) is 0 Å². The molecule has 0 heteroatoms. The average molecular weight is 236 g/mol. The van der Waals surface area contributed by atoms with Crippen LogP contribution in [0.5, 0.6) is 0 Å². The van der Waals surface area contributed by atoms with Crippen LogP contribution in [-0.2, 0) is 0 Å². The van der Waals surface area contributed by atoms with E-state index in [-0.39, 0.29) is 0 Å². The van der Waals surface area contributed by atoms with Crippen molar-refractivity contribution < 1.29 is 0 Å². The Kier molecular flexibility index (Phi) is 3.66. The van der Waals surface area contributed by atoms with Gasteiger partial charge in [0.1, 0.15) is 0 Å². The van der Waals surface area contributed by atoms with E-state index in [1.807, 2.05) is 13.0 Å². The normalized spacial score (nSPS) is 11.6. The van der Waals surface area contributed by atoms with Crippen molar-refractivity contribution >= 4 is 22.9 Å². The van der Waals surface area contributed by atoms with Gasteiger partial charge in [0.15, 0.2) is 0 Å². The van der Waals surface area contributed by atoms with Crippen molar-refractivity contribution in [3.8, 4) is 0 Å². The first kappa shape index (κ1) is 12.6. The van der Waals surface area contributed by atoms with Gasteiger partial charge in [-0.3, -0.25) is 0 Å². The van der Waals surface area contributed by atoms with Crippen LogP contribution in [0.25, 0.3) is 22.9 Å². The lowest BCUT2D eigenvalue weighted by Crippen LogP contribution is -1.91. The minimum Gasteiger partial charge on any atom is -0.0984 e. The molecule has 0 saturated carbocycles. The minimum atomic E-state index is 0.543. The van der Waals surface area contributed by atoms with E-state index in [0.29, 0.717) is 5.92 Å². The Balaban J connectivity index is 2.79. The number of benzene rings is 2. The molecule has 0 amide bonds. The van der Waals surface area contributed by atoms with E-state index in [0.717, 1.165) is 0 Å². The van der Waals surface area contributed by atoms with Gasteiger partial charge in [0.2, 0.25) is 0 Å².